The Bertz CT molecular complexity index is 718. The lowest BCUT2D eigenvalue weighted by Gasteiger charge is -2.15. The van der Waals surface area contributed by atoms with Gasteiger partial charge in [0.05, 0.1) is 11.6 Å². The van der Waals surface area contributed by atoms with E-state index in [1.54, 1.807) is 24.3 Å². The molecule has 0 saturated heterocycles. The molecular formula is C18H17N3O2. The first-order chi connectivity index (χ1) is 11.1. The molecule has 2 aromatic rings. The van der Waals surface area contributed by atoms with Crippen LogP contribution in [0.15, 0.2) is 54.6 Å². The van der Waals surface area contributed by atoms with E-state index in [1.165, 1.54) is 0 Å². The molecule has 1 atom stereocenters. The highest BCUT2D eigenvalue weighted by Gasteiger charge is 2.18. The van der Waals surface area contributed by atoms with Gasteiger partial charge in [0.15, 0.2) is 0 Å². The van der Waals surface area contributed by atoms with E-state index in [9.17, 15) is 9.59 Å². The number of hydrogen-bond donors (Lipinski definition) is 2. The minimum atomic E-state index is -0.738. The minimum absolute atomic E-state index is 0.383. The zero-order valence-electron chi connectivity index (χ0n) is 12.5. The van der Waals surface area contributed by atoms with E-state index in [4.69, 9.17) is 11.0 Å². The van der Waals surface area contributed by atoms with Crippen LogP contribution in [0.3, 0.4) is 0 Å². The largest absolute Gasteiger partial charge is 0.368 e. The molecule has 0 unspecified atom stereocenters. The van der Waals surface area contributed by atoms with Gasteiger partial charge in [0.2, 0.25) is 5.91 Å². The van der Waals surface area contributed by atoms with E-state index in [1.807, 2.05) is 36.4 Å². The Labute approximate surface area is 134 Å². The molecule has 0 fully saturated rings. The first-order valence-corrected chi connectivity index (χ1v) is 7.24. The Morgan fingerprint density at radius 2 is 1.74 bits per heavy atom. The molecule has 0 aliphatic carbocycles. The summed E-state index contributed by atoms with van der Waals surface area (Å²) in [5.41, 5.74) is 7.31. The predicted octanol–water partition coefficient (Wildman–Crippen LogP) is 1.77. The highest BCUT2D eigenvalue weighted by atomic mass is 16.2. The van der Waals surface area contributed by atoms with Crippen molar-refractivity contribution < 1.29 is 9.59 Å². The molecule has 0 aliphatic rings. The van der Waals surface area contributed by atoms with Gasteiger partial charge in [-0.2, -0.15) is 5.26 Å². The lowest BCUT2D eigenvalue weighted by Crippen LogP contribution is -2.44. The molecule has 0 heterocycles. The van der Waals surface area contributed by atoms with Gasteiger partial charge in [0.25, 0.3) is 5.91 Å². The number of rotatable bonds is 6. The molecule has 116 valence electrons. The quantitative estimate of drug-likeness (QED) is 0.851. The fourth-order valence-electron chi connectivity index (χ4n) is 2.18. The second-order valence-corrected chi connectivity index (χ2v) is 5.14. The van der Waals surface area contributed by atoms with Gasteiger partial charge in [-0.25, -0.2) is 0 Å². The molecule has 0 spiro atoms. The second-order valence-electron chi connectivity index (χ2n) is 5.14. The Morgan fingerprint density at radius 3 is 2.30 bits per heavy atom. The summed E-state index contributed by atoms with van der Waals surface area (Å²) in [4.78, 5) is 23.7. The second kappa shape index (κ2) is 7.76. The molecule has 0 saturated carbocycles. The van der Waals surface area contributed by atoms with Crippen LogP contribution in [-0.4, -0.2) is 17.9 Å². The summed E-state index contributed by atoms with van der Waals surface area (Å²) in [6.45, 7) is 0. The maximum absolute atomic E-state index is 12.2. The average molecular weight is 307 g/mol. The van der Waals surface area contributed by atoms with Crippen LogP contribution >= 0.6 is 0 Å². The molecule has 0 bridgehead atoms. The van der Waals surface area contributed by atoms with Crippen LogP contribution in [0, 0.1) is 11.3 Å². The van der Waals surface area contributed by atoms with Gasteiger partial charge in [-0.15, -0.1) is 0 Å². The average Bonchev–Trinajstić information content (AvgIpc) is 2.59. The third kappa shape index (κ3) is 4.68. The fourth-order valence-corrected chi connectivity index (χ4v) is 2.18. The number of carbonyl (C=O) groups excluding carboxylic acids is 2. The van der Waals surface area contributed by atoms with E-state index in [2.05, 4.69) is 5.32 Å². The lowest BCUT2D eigenvalue weighted by atomic mass is 10.0. The first kappa shape index (κ1) is 16.2. The molecule has 23 heavy (non-hydrogen) atoms. The molecule has 5 heteroatoms. The summed E-state index contributed by atoms with van der Waals surface area (Å²) < 4.78 is 0. The standard InChI is InChI=1S/C18H17N3O2/c19-12-14-6-9-15(10-7-14)18(23)21-16(17(20)22)11-8-13-4-2-1-3-5-13/h1-7,9-10,16H,8,11H2,(H2,20,22)(H,21,23)/t16-/m1/s1. The van der Waals surface area contributed by atoms with Crippen molar-refractivity contribution in [3.63, 3.8) is 0 Å². The van der Waals surface area contributed by atoms with Crippen LogP contribution in [0.25, 0.3) is 0 Å². The van der Waals surface area contributed by atoms with E-state index >= 15 is 0 Å². The summed E-state index contributed by atoms with van der Waals surface area (Å²) in [6, 6.07) is 17.1. The topological polar surface area (TPSA) is 96.0 Å². The van der Waals surface area contributed by atoms with Crippen molar-refractivity contribution in [1.29, 1.82) is 5.26 Å². The van der Waals surface area contributed by atoms with Crippen molar-refractivity contribution in [2.45, 2.75) is 18.9 Å². The van der Waals surface area contributed by atoms with Gasteiger partial charge in [-0.1, -0.05) is 30.3 Å². The Balaban J connectivity index is 1.99. The summed E-state index contributed by atoms with van der Waals surface area (Å²) >= 11 is 0. The third-order valence-corrected chi connectivity index (χ3v) is 3.49. The number of benzene rings is 2. The normalized spacial score (nSPS) is 11.3. The Kier molecular flexibility index (Phi) is 5.48. The number of amides is 2. The summed E-state index contributed by atoms with van der Waals surface area (Å²) in [6.07, 6.45) is 1.07. The number of nitrogens with two attached hydrogens (primary N) is 1. The maximum Gasteiger partial charge on any atom is 0.251 e. The first-order valence-electron chi connectivity index (χ1n) is 7.24. The Hall–Kier alpha value is -3.13. The van der Waals surface area contributed by atoms with Crippen LogP contribution in [0.4, 0.5) is 0 Å². The maximum atomic E-state index is 12.2. The number of nitriles is 1. The van der Waals surface area contributed by atoms with Crippen LogP contribution in [0.2, 0.25) is 0 Å². The molecular weight excluding hydrogens is 290 g/mol. The number of aryl methyl sites for hydroxylation is 1. The highest BCUT2D eigenvalue weighted by Crippen LogP contribution is 2.07. The minimum Gasteiger partial charge on any atom is -0.368 e. The molecule has 0 aliphatic heterocycles. The number of nitrogens with one attached hydrogen (secondary N) is 1. The van der Waals surface area contributed by atoms with E-state index in [0.29, 0.717) is 24.0 Å². The van der Waals surface area contributed by atoms with Crippen LogP contribution in [0.5, 0.6) is 0 Å². The predicted molar refractivity (Wildman–Crippen MR) is 86.4 cm³/mol. The molecule has 2 aromatic carbocycles. The molecule has 0 radical (unpaired) electrons. The number of primary amides is 1. The third-order valence-electron chi connectivity index (χ3n) is 3.49. The Morgan fingerprint density at radius 1 is 1.09 bits per heavy atom. The van der Waals surface area contributed by atoms with Gasteiger partial charge in [0.1, 0.15) is 6.04 Å². The van der Waals surface area contributed by atoms with Crippen molar-refractivity contribution in [2.24, 2.45) is 5.73 Å². The fraction of sp³-hybridized carbons (Fsp3) is 0.167. The molecule has 3 N–H and O–H groups in total. The molecule has 0 aromatic heterocycles. The van der Waals surface area contributed by atoms with Crippen LogP contribution in [-0.2, 0) is 11.2 Å². The van der Waals surface area contributed by atoms with Crippen molar-refractivity contribution in [3.8, 4) is 6.07 Å². The van der Waals surface area contributed by atoms with Gasteiger partial charge < -0.3 is 11.1 Å². The van der Waals surface area contributed by atoms with Gasteiger partial charge in [-0.05, 0) is 42.7 Å². The van der Waals surface area contributed by atoms with Gasteiger partial charge >= 0.3 is 0 Å². The van der Waals surface area contributed by atoms with E-state index < -0.39 is 11.9 Å². The van der Waals surface area contributed by atoms with Crippen LogP contribution in [0.1, 0.15) is 27.9 Å². The van der Waals surface area contributed by atoms with Crippen molar-refractivity contribution >= 4 is 11.8 Å². The van der Waals surface area contributed by atoms with E-state index in [0.717, 1.165) is 5.56 Å². The summed E-state index contributed by atoms with van der Waals surface area (Å²) in [5, 5.41) is 11.4. The summed E-state index contributed by atoms with van der Waals surface area (Å²) in [5.74, 6) is -0.950. The smallest absolute Gasteiger partial charge is 0.251 e. The van der Waals surface area contributed by atoms with Gasteiger partial charge in [-0.3, -0.25) is 9.59 Å². The molecule has 2 amide bonds. The highest BCUT2D eigenvalue weighted by molar-refractivity contribution is 5.97. The van der Waals surface area contributed by atoms with Gasteiger partial charge in [0, 0.05) is 5.56 Å². The van der Waals surface area contributed by atoms with Crippen molar-refractivity contribution in [1.82, 2.24) is 5.32 Å². The number of carbonyl (C=O) groups is 2. The number of hydrogen-bond acceptors (Lipinski definition) is 3. The van der Waals surface area contributed by atoms with Crippen LogP contribution < -0.4 is 11.1 Å². The molecule has 2 rings (SSSR count). The van der Waals surface area contributed by atoms with Crippen molar-refractivity contribution in [2.75, 3.05) is 0 Å². The number of nitrogens with zero attached hydrogens (tertiary/aromatic N) is 1. The zero-order chi connectivity index (χ0) is 16.7. The monoisotopic (exact) mass is 307 g/mol. The van der Waals surface area contributed by atoms with Crippen molar-refractivity contribution in [3.05, 3.63) is 71.3 Å². The zero-order valence-corrected chi connectivity index (χ0v) is 12.5. The summed E-state index contributed by atoms with van der Waals surface area (Å²) in [7, 11) is 0. The SMILES string of the molecule is N#Cc1ccc(C(=O)N[C@H](CCc2ccccc2)C(N)=O)cc1. The lowest BCUT2D eigenvalue weighted by molar-refractivity contribution is -0.120. The van der Waals surface area contributed by atoms with E-state index in [-0.39, 0.29) is 5.91 Å². The molecule has 5 nitrogen and oxygen atoms in total.